The molecule has 0 aromatic heterocycles. The van der Waals surface area contributed by atoms with E-state index >= 15 is 0 Å². The number of carboxylic acids is 1. The molecule has 0 aliphatic carbocycles. The number of nitrogens with zero attached hydrogens (tertiary/aromatic N) is 1. The number of benzene rings is 2. The molecule has 2 rings (SSSR count). The Hall–Kier alpha value is -6.15. The number of Topliss-reactive ketones (excluding diaryl/α,β-unsaturated/α-hetero) is 1. The highest BCUT2D eigenvalue weighted by Crippen LogP contribution is 2.27. The molecule has 20 heteroatoms. The molecule has 0 spiro atoms. The predicted molar refractivity (Wildman–Crippen MR) is 221 cm³/mol. The van der Waals surface area contributed by atoms with Crippen LogP contribution < -0.4 is 43.4 Å². The van der Waals surface area contributed by atoms with E-state index < -0.39 is 113 Å². The minimum absolute atomic E-state index is 0.0354. The highest BCUT2D eigenvalue weighted by atomic mass is 16.6. The van der Waals surface area contributed by atoms with Gasteiger partial charge in [-0.15, -0.1) is 0 Å². The fourth-order valence-electron chi connectivity index (χ4n) is 6.03. The van der Waals surface area contributed by atoms with E-state index in [9.17, 15) is 48.8 Å². The second-order valence-corrected chi connectivity index (χ2v) is 15.1. The Bertz CT molecular complexity index is 1860. The second kappa shape index (κ2) is 24.1. The second-order valence-electron chi connectivity index (χ2n) is 15.1. The number of nitrogen functional groups attached to an aromatic ring is 1. The van der Waals surface area contributed by atoms with Crippen molar-refractivity contribution in [2.45, 2.75) is 116 Å². The number of anilines is 1. The van der Waals surface area contributed by atoms with E-state index in [0.717, 1.165) is 17.7 Å². The summed E-state index contributed by atoms with van der Waals surface area (Å²) in [5.41, 5.74) is 12.4. The first-order chi connectivity index (χ1) is 28.2. The zero-order chi connectivity index (χ0) is 45.3. The van der Waals surface area contributed by atoms with Crippen LogP contribution in [0.3, 0.4) is 0 Å². The van der Waals surface area contributed by atoms with Crippen molar-refractivity contribution < 1.29 is 48.7 Å². The zero-order valence-electron chi connectivity index (χ0n) is 34.8. The monoisotopic (exact) mass is 841 g/mol. The standard InChI is InChI=1S/C40H59N9O11/c1-7-22(4)35(43-20-26-10-8-9-11-27(26)42)40(58)48-29(16-21(2)3)38(56)45-23(5)36(54)44-24(6)37(55)47-30(17-25-12-14-32(50)31(18-25)49(59)60)39(57)46-28(33(51)19-41)13-15-34(52)53/h8-12,14,18,21-24,28-30,35,43,50H,7,13,15-17,19-20,41-42H2,1-6H3,(H,44,54)(H,45,56)(H,46,57)(H,47,55)(H,48,58)(H,52,53)/t22-,23-,24-,28-,29-,30-,35-/m0/s1. The van der Waals surface area contributed by atoms with Crippen molar-refractivity contribution in [1.82, 2.24) is 31.9 Å². The molecule has 0 heterocycles. The van der Waals surface area contributed by atoms with Crippen molar-refractivity contribution >= 4 is 52.7 Å². The molecule has 20 nitrogen and oxygen atoms in total. The lowest BCUT2D eigenvalue weighted by atomic mass is 9.96. The molecule has 12 N–H and O–H groups in total. The number of hydrogen-bond donors (Lipinski definition) is 10. The minimum Gasteiger partial charge on any atom is -0.502 e. The van der Waals surface area contributed by atoms with E-state index in [4.69, 9.17) is 16.6 Å². The first-order valence-corrected chi connectivity index (χ1v) is 19.7. The van der Waals surface area contributed by atoms with E-state index in [1.807, 2.05) is 39.8 Å². The molecule has 0 fully saturated rings. The molecule has 0 radical (unpaired) electrons. The summed E-state index contributed by atoms with van der Waals surface area (Å²) in [6.07, 6.45) is -0.318. The van der Waals surface area contributed by atoms with Gasteiger partial charge >= 0.3 is 11.7 Å². The van der Waals surface area contributed by atoms with Crippen LogP contribution in [0, 0.1) is 22.0 Å². The first-order valence-electron chi connectivity index (χ1n) is 19.7. The van der Waals surface area contributed by atoms with E-state index in [0.29, 0.717) is 18.7 Å². The molecule has 0 unspecified atom stereocenters. The van der Waals surface area contributed by atoms with Gasteiger partial charge in [0.05, 0.1) is 23.6 Å². The molecule has 2 aromatic carbocycles. The fraction of sp³-hybridized carbons (Fsp3) is 0.525. The maximum Gasteiger partial charge on any atom is 0.310 e. The van der Waals surface area contributed by atoms with Crippen LogP contribution in [0.5, 0.6) is 5.75 Å². The summed E-state index contributed by atoms with van der Waals surface area (Å²) in [6.45, 7) is 10.0. The first kappa shape index (κ1) is 50.0. The number of hydrogen-bond acceptors (Lipinski definition) is 13. The average Bonchev–Trinajstić information content (AvgIpc) is 3.19. The van der Waals surface area contributed by atoms with Crippen LogP contribution in [0.25, 0.3) is 0 Å². The van der Waals surface area contributed by atoms with Gasteiger partial charge in [-0.2, -0.15) is 0 Å². The SMILES string of the molecule is CC[C@H](C)[C@H](NCc1ccccc1N)C(=O)N[C@@H](CC(C)C)C(=O)N[C@@H](C)C(=O)N[C@@H](C)C(=O)N[C@@H](Cc1ccc(O)c([N+](=O)[O-])c1)C(=O)N[C@@H](CCC(=O)O)C(=O)CN. The van der Waals surface area contributed by atoms with Crippen LogP contribution in [0.4, 0.5) is 11.4 Å². The number of nitrogens with two attached hydrogens (primary N) is 2. The number of nitro benzene ring substituents is 1. The molecule has 330 valence electrons. The molecule has 0 aliphatic rings. The Balaban J connectivity index is 2.21. The number of ketones is 1. The Morgan fingerprint density at radius 2 is 1.35 bits per heavy atom. The van der Waals surface area contributed by atoms with Crippen LogP contribution in [-0.4, -0.2) is 99.2 Å². The molecule has 0 bridgehead atoms. The number of carbonyl (C=O) groups excluding carboxylic acids is 6. The van der Waals surface area contributed by atoms with E-state index in [1.165, 1.54) is 19.9 Å². The number of carboxylic acid groups (broad SMARTS) is 1. The van der Waals surface area contributed by atoms with Crippen LogP contribution in [0.2, 0.25) is 0 Å². The highest BCUT2D eigenvalue weighted by molar-refractivity contribution is 5.97. The van der Waals surface area contributed by atoms with Gasteiger partial charge in [0.25, 0.3) is 0 Å². The summed E-state index contributed by atoms with van der Waals surface area (Å²) >= 11 is 0. The van der Waals surface area contributed by atoms with Gasteiger partial charge in [0.2, 0.25) is 29.5 Å². The van der Waals surface area contributed by atoms with Crippen molar-refractivity contribution in [2.24, 2.45) is 17.6 Å². The lowest BCUT2D eigenvalue weighted by molar-refractivity contribution is -0.385. The average molecular weight is 842 g/mol. The van der Waals surface area contributed by atoms with Crippen molar-refractivity contribution in [3.8, 4) is 5.75 Å². The van der Waals surface area contributed by atoms with E-state index in [-0.39, 0.29) is 30.2 Å². The normalized spacial score (nSPS) is 14.6. The summed E-state index contributed by atoms with van der Waals surface area (Å²) in [7, 11) is 0. The predicted octanol–water partition coefficient (Wildman–Crippen LogP) is 0.532. The van der Waals surface area contributed by atoms with Gasteiger partial charge < -0.3 is 53.6 Å². The van der Waals surface area contributed by atoms with Gasteiger partial charge in [0.1, 0.15) is 24.2 Å². The number of carbonyl (C=O) groups is 7. The van der Waals surface area contributed by atoms with Crippen LogP contribution in [-0.2, 0) is 46.5 Å². The lowest BCUT2D eigenvalue weighted by Gasteiger charge is -2.28. The van der Waals surface area contributed by atoms with Crippen LogP contribution in [0.15, 0.2) is 42.5 Å². The number of phenols is 1. The number of phenolic OH excluding ortho intramolecular Hbond substituents is 1. The number of aromatic hydroxyl groups is 1. The Kier molecular flexibility index (Phi) is 20.0. The molecule has 7 atom stereocenters. The Morgan fingerprint density at radius 1 is 0.783 bits per heavy atom. The Morgan fingerprint density at radius 3 is 1.92 bits per heavy atom. The summed E-state index contributed by atoms with van der Waals surface area (Å²) in [6, 6.07) is 3.41. The molecular formula is C40H59N9O11. The van der Waals surface area contributed by atoms with Crippen LogP contribution in [0.1, 0.15) is 78.4 Å². The maximum atomic E-state index is 13.6. The molecule has 60 heavy (non-hydrogen) atoms. The van der Waals surface area contributed by atoms with Crippen molar-refractivity contribution in [3.63, 3.8) is 0 Å². The number of nitro groups is 1. The quantitative estimate of drug-likeness (QED) is 0.0371. The van der Waals surface area contributed by atoms with Crippen molar-refractivity contribution in [1.29, 1.82) is 0 Å². The minimum atomic E-state index is -1.53. The summed E-state index contributed by atoms with van der Waals surface area (Å²) in [5, 5.41) is 46.4. The number of aliphatic carboxylic acids is 1. The third kappa shape index (κ3) is 15.9. The van der Waals surface area contributed by atoms with E-state index in [2.05, 4.69) is 31.9 Å². The lowest BCUT2D eigenvalue weighted by Crippen LogP contribution is -2.59. The Labute approximate surface area is 348 Å². The molecule has 0 aliphatic heterocycles. The van der Waals surface area contributed by atoms with Gasteiger partial charge in [-0.1, -0.05) is 58.4 Å². The van der Waals surface area contributed by atoms with Gasteiger partial charge in [-0.05, 0) is 61.8 Å². The summed E-state index contributed by atoms with van der Waals surface area (Å²) < 4.78 is 0. The van der Waals surface area contributed by atoms with Gasteiger partial charge in [-0.3, -0.25) is 43.7 Å². The van der Waals surface area contributed by atoms with Gasteiger partial charge in [0, 0.05) is 31.1 Å². The van der Waals surface area contributed by atoms with Crippen LogP contribution >= 0.6 is 0 Å². The molecule has 0 saturated heterocycles. The molecular weight excluding hydrogens is 782 g/mol. The topological polar surface area (TPSA) is 327 Å². The van der Waals surface area contributed by atoms with Crippen molar-refractivity contribution in [2.75, 3.05) is 12.3 Å². The largest absolute Gasteiger partial charge is 0.502 e. The third-order valence-electron chi connectivity index (χ3n) is 9.77. The smallest absolute Gasteiger partial charge is 0.310 e. The maximum absolute atomic E-state index is 13.6. The molecule has 2 aromatic rings. The van der Waals surface area contributed by atoms with Crippen molar-refractivity contribution in [3.05, 3.63) is 63.7 Å². The summed E-state index contributed by atoms with van der Waals surface area (Å²) in [4.78, 5) is 102. The third-order valence-corrected chi connectivity index (χ3v) is 9.77. The highest BCUT2D eigenvalue weighted by Gasteiger charge is 2.32. The molecule has 5 amide bonds. The number of para-hydroxylation sites is 1. The zero-order valence-corrected chi connectivity index (χ0v) is 34.8. The summed E-state index contributed by atoms with van der Waals surface area (Å²) in [5.74, 6) is -6.47. The number of nitrogens with one attached hydrogen (secondary N) is 6. The van der Waals surface area contributed by atoms with E-state index in [1.54, 1.807) is 12.1 Å². The fourth-order valence-corrected chi connectivity index (χ4v) is 6.03. The molecule has 0 saturated carbocycles. The van der Waals surface area contributed by atoms with Gasteiger partial charge in [0.15, 0.2) is 11.5 Å². The number of amides is 5. The number of rotatable bonds is 25. The van der Waals surface area contributed by atoms with Gasteiger partial charge in [-0.25, -0.2) is 0 Å².